The molecular formula is C21H26FN5O6. The highest BCUT2D eigenvalue weighted by Crippen LogP contribution is 2.37. The summed E-state index contributed by atoms with van der Waals surface area (Å²) in [5.74, 6) is -0.728. The first kappa shape index (κ1) is 22.6. The third kappa shape index (κ3) is 4.50. The highest BCUT2D eigenvalue weighted by molar-refractivity contribution is 5.84. The van der Waals surface area contributed by atoms with Crippen LogP contribution in [0.25, 0.3) is 10.9 Å². The molecule has 1 aromatic heterocycles. The lowest BCUT2D eigenvalue weighted by atomic mass is 10.2. The molecule has 2 aliphatic rings. The van der Waals surface area contributed by atoms with E-state index in [-0.39, 0.29) is 28.7 Å². The summed E-state index contributed by atoms with van der Waals surface area (Å²) < 4.78 is 22.5. The summed E-state index contributed by atoms with van der Waals surface area (Å²) in [6.07, 6.45) is -0.322. The van der Waals surface area contributed by atoms with Gasteiger partial charge in [0, 0.05) is 19.1 Å². The van der Waals surface area contributed by atoms with Gasteiger partial charge in [0.05, 0.1) is 22.6 Å². The van der Waals surface area contributed by atoms with Crippen molar-refractivity contribution >= 4 is 28.8 Å². The van der Waals surface area contributed by atoms with Gasteiger partial charge in [-0.2, -0.15) is 4.68 Å². The van der Waals surface area contributed by atoms with Gasteiger partial charge in [-0.1, -0.05) is 0 Å². The van der Waals surface area contributed by atoms with Crippen molar-refractivity contribution in [3.63, 3.8) is 0 Å². The number of carboxylic acid groups (broad SMARTS) is 1. The van der Waals surface area contributed by atoms with Gasteiger partial charge >= 0.3 is 17.9 Å². The van der Waals surface area contributed by atoms with Gasteiger partial charge in [0.2, 0.25) is 0 Å². The molecule has 11 nitrogen and oxygen atoms in total. The van der Waals surface area contributed by atoms with Crippen molar-refractivity contribution in [3.8, 4) is 0 Å². The van der Waals surface area contributed by atoms with E-state index in [4.69, 9.17) is 9.84 Å². The zero-order valence-electron chi connectivity index (χ0n) is 18.6. The molecule has 33 heavy (non-hydrogen) atoms. The Kier molecular flexibility index (Phi) is 5.54. The molecule has 1 aromatic carbocycles. The SMILES string of the molecule is CC(C)(C)OC(=O)NC1CCN(c2ccc3c(=O)n(NC(=O)O)c(=O)n(C4CC4)c3c2F)C1. The Morgan fingerprint density at radius 1 is 1.18 bits per heavy atom. The molecule has 1 saturated heterocycles. The fourth-order valence-corrected chi connectivity index (χ4v) is 4.05. The minimum atomic E-state index is -1.58. The molecule has 4 rings (SSSR count). The first-order valence-corrected chi connectivity index (χ1v) is 10.7. The average molecular weight is 463 g/mol. The van der Waals surface area contributed by atoms with E-state index in [1.807, 2.05) is 0 Å². The Balaban J connectivity index is 1.68. The van der Waals surface area contributed by atoms with Crippen LogP contribution in [0.3, 0.4) is 0 Å². The van der Waals surface area contributed by atoms with E-state index in [0.29, 0.717) is 37.0 Å². The van der Waals surface area contributed by atoms with E-state index in [2.05, 4.69) is 5.32 Å². The molecule has 1 aliphatic carbocycles. The van der Waals surface area contributed by atoms with E-state index in [0.717, 1.165) is 4.57 Å². The van der Waals surface area contributed by atoms with Crippen molar-refractivity contribution in [2.45, 2.75) is 57.7 Å². The number of alkyl carbamates (subject to hydrolysis) is 1. The molecule has 0 radical (unpaired) electrons. The number of benzene rings is 1. The predicted octanol–water partition coefficient (Wildman–Crippen LogP) is 1.96. The van der Waals surface area contributed by atoms with Gasteiger partial charge in [0.15, 0.2) is 5.82 Å². The van der Waals surface area contributed by atoms with Crippen LogP contribution in [0.4, 0.5) is 19.7 Å². The number of anilines is 1. The zero-order chi connectivity index (χ0) is 24.1. The molecule has 1 atom stereocenters. The molecule has 0 spiro atoms. The maximum Gasteiger partial charge on any atom is 0.424 e. The number of hydrogen-bond acceptors (Lipinski definition) is 6. The summed E-state index contributed by atoms with van der Waals surface area (Å²) in [5.41, 5.74) is -0.659. The number of amides is 2. The Morgan fingerprint density at radius 2 is 1.88 bits per heavy atom. The molecule has 0 bridgehead atoms. The lowest BCUT2D eigenvalue weighted by Gasteiger charge is -2.23. The average Bonchev–Trinajstić information content (AvgIpc) is 3.43. The molecule has 178 valence electrons. The molecule has 12 heteroatoms. The summed E-state index contributed by atoms with van der Waals surface area (Å²) in [7, 11) is 0. The molecule has 1 saturated carbocycles. The van der Waals surface area contributed by atoms with Crippen LogP contribution in [0, 0.1) is 5.82 Å². The van der Waals surface area contributed by atoms with E-state index >= 15 is 4.39 Å². The number of ether oxygens (including phenoxy) is 1. The van der Waals surface area contributed by atoms with Crippen LogP contribution in [0.2, 0.25) is 0 Å². The quantitative estimate of drug-likeness (QED) is 0.631. The Hall–Kier alpha value is -3.57. The van der Waals surface area contributed by atoms with E-state index in [1.165, 1.54) is 12.1 Å². The number of nitrogens with one attached hydrogen (secondary N) is 2. The van der Waals surface area contributed by atoms with Gasteiger partial charge in [-0.25, -0.2) is 24.2 Å². The third-order valence-electron chi connectivity index (χ3n) is 5.54. The second kappa shape index (κ2) is 8.09. The van der Waals surface area contributed by atoms with Crippen molar-refractivity contribution in [2.24, 2.45) is 0 Å². The molecule has 2 aromatic rings. The molecule has 2 heterocycles. The smallest absolute Gasteiger partial charge is 0.424 e. The summed E-state index contributed by atoms with van der Waals surface area (Å²) in [6, 6.07) is 2.26. The molecule has 1 aliphatic heterocycles. The van der Waals surface area contributed by atoms with Crippen LogP contribution in [-0.2, 0) is 4.74 Å². The van der Waals surface area contributed by atoms with Gasteiger partial charge in [0.25, 0.3) is 5.56 Å². The van der Waals surface area contributed by atoms with Gasteiger partial charge in [0.1, 0.15) is 5.60 Å². The van der Waals surface area contributed by atoms with Crippen molar-refractivity contribution < 1.29 is 23.8 Å². The first-order chi connectivity index (χ1) is 15.5. The normalized spacial score (nSPS) is 18.4. The summed E-state index contributed by atoms with van der Waals surface area (Å²) in [4.78, 5) is 50.4. The fourth-order valence-electron chi connectivity index (χ4n) is 4.05. The van der Waals surface area contributed by atoms with Crippen LogP contribution < -0.4 is 26.9 Å². The topological polar surface area (TPSA) is 135 Å². The van der Waals surface area contributed by atoms with E-state index < -0.39 is 34.9 Å². The summed E-state index contributed by atoms with van der Waals surface area (Å²) >= 11 is 0. The Morgan fingerprint density at radius 3 is 2.48 bits per heavy atom. The Bertz CT molecular complexity index is 1240. The predicted molar refractivity (Wildman–Crippen MR) is 118 cm³/mol. The van der Waals surface area contributed by atoms with Crippen LogP contribution in [-0.4, -0.2) is 51.3 Å². The number of carbonyl (C=O) groups is 2. The van der Waals surface area contributed by atoms with Crippen LogP contribution >= 0.6 is 0 Å². The molecular weight excluding hydrogens is 437 g/mol. The molecule has 2 fully saturated rings. The van der Waals surface area contributed by atoms with Gasteiger partial charge in [-0.05, 0) is 52.2 Å². The second-order valence-corrected chi connectivity index (χ2v) is 9.31. The second-order valence-electron chi connectivity index (χ2n) is 9.31. The number of halogens is 1. The van der Waals surface area contributed by atoms with Crippen molar-refractivity contribution in [1.82, 2.24) is 14.6 Å². The highest BCUT2D eigenvalue weighted by Gasteiger charge is 2.33. The number of nitrogens with zero attached hydrogens (tertiary/aromatic N) is 3. The summed E-state index contributed by atoms with van der Waals surface area (Å²) in [5, 5.41) is 11.7. The van der Waals surface area contributed by atoms with Crippen LogP contribution in [0.1, 0.15) is 46.1 Å². The lowest BCUT2D eigenvalue weighted by Crippen LogP contribution is -2.46. The Labute approximate surface area is 187 Å². The summed E-state index contributed by atoms with van der Waals surface area (Å²) in [6.45, 7) is 6.06. The van der Waals surface area contributed by atoms with Crippen LogP contribution in [0.15, 0.2) is 21.7 Å². The first-order valence-electron chi connectivity index (χ1n) is 10.7. The minimum Gasteiger partial charge on any atom is -0.464 e. The number of rotatable bonds is 4. The number of aromatic nitrogens is 2. The molecule has 2 amide bonds. The number of hydrogen-bond donors (Lipinski definition) is 3. The van der Waals surface area contributed by atoms with Gasteiger partial charge in [-0.3, -0.25) is 9.36 Å². The maximum atomic E-state index is 15.7. The van der Waals surface area contributed by atoms with Crippen molar-refractivity contribution in [2.75, 3.05) is 23.4 Å². The third-order valence-corrected chi connectivity index (χ3v) is 5.54. The fraction of sp³-hybridized carbons (Fsp3) is 0.524. The van der Waals surface area contributed by atoms with E-state index in [1.54, 1.807) is 31.1 Å². The van der Waals surface area contributed by atoms with Gasteiger partial charge < -0.3 is 20.1 Å². The number of carbonyl (C=O) groups excluding carboxylic acids is 1. The zero-order valence-corrected chi connectivity index (χ0v) is 18.6. The monoisotopic (exact) mass is 463 g/mol. The standard InChI is InChI=1S/C21H26FN5O6/c1-21(2,3)33-19(31)23-11-8-9-25(10-11)14-7-6-13-16(15(14)22)26(12-4-5-12)20(32)27(17(13)28)24-18(29)30/h6-7,11-12,24H,4-5,8-10H2,1-3H3,(H,23,31)(H,29,30). The molecule has 1 unspecified atom stereocenters. The van der Waals surface area contributed by atoms with Crippen LogP contribution in [0.5, 0.6) is 0 Å². The highest BCUT2D eigenvalue weighted by atomic mass is 19.1. The van der Waals surface area contributed by atoms with E-state index in [9.17, 15) is 19.2 Å². The maximum absolute atomic E-state index is 15.7. The van der Waals surface area contributed by atoms with Crippen molar-refractivity contribution in [3.05, 3.63) is 38.8 Å². The van der Waals surface area contributed by atoms with Gasteiger partial charge in [-0.15, -0.1) is 0 Å². The molecule has 3 N–H and O–H groups in total. The lowest BCUT2D eigenvalue weighted by molar-refractivity contribution is 0.0509. The minimum absolute atomic E-state index is 0.0980. The number of fused-ring (bicyclic) bond motifs is 1. The van der Waals surface area contributed by atoms with Crippen molar-refractivity contribution in [1.29, 1.82) is 0 Å². The largest absolute Gasteiger partial charge is 0.464 e.